The van der Waals surface area contributed by atoms with E-state index in [0.29, 0.717) is 11.9 Å². The molecule has 162 valence electrons. The van der Waals surface area contributed by atoms with Crippen molar-refractivity contribution in [3.05, 3.63) is 40.6 Å². The van der Waals surface area contributed by atoms with Crippen LogP contribution in [-0.2, 0) is 16.1 Å². The summed E-state index contributed by atoms with van der Waals surface area (Å²) in [7, 11) is 0. The lowest BCUT2D eigenvalue weighted by atomic mass is 9.97. The fourth-order valence-corrected chi connectivity index (χ4v) is 3.88. The lowest BCUT2D eigenvalue weighted by Crippen LogP contribution is -2.55. The highest BCUT2D eigenvalue weighted by Crippen LogP contribution is 2.29. The number of nitro groups is 1. The van der Waals surface area contributed by atoms with Gasteiger partial charge in [0.1, 0.15) is 12.1 Å². The van der Waals surface area contributed by atoms with Crippen LogP contribution < -0.4 is 10.6 Å². The van der Waals surface area contributed by atoms with Crippen LogP contribution in [0.5, 0.6) is 0 Å². The Kier molecular flexibility index (Phi) is 6.00. The summed E-state index contributed by atoms with van der Waals surface area (Å²) in [6.07, 6.45) is 4.77. The van der Waals surface area contributed by atoms with Crippen molar-refractivity contribution >= 4 is 28.6 Å². The first kappa shape index (κ1) is 21.6. The molecule has 1 aliphatic carbocycles. The number of nitro benzene ring substituents is 1. The normalized spacial score (nSPS) is 15.7. The molecule has 0 bridgehead atoms. The van der Waals surface area contributed by atoms with Crippen molar-refractivity contribution in [2.45, 2.75) is 64.1 Å². The number of carbonyl (C=O) groups is 2. The molecule has 0 radical (unpaired) electrons. The summed E-state index contributed by atoms with van der Waals surface area (Å²) in [5, 5.41) is 17.5. The van der Waals surface area contributed by atoms with Gasteiger partial charge in [-0.05, 0) is 45.7 Å². The van der Waals surface area contributed by atoms with Gasteiger partial charge in [0.2, 0.25) is 5.91 Å². The van der Waals surface area contributed by atoms with Crippen molar-refractivity contribution in [1.82, 2.24) is 15.2 Å². The third-order valence-corrected chi connectivity index (χ3v) is 5.21. The van der Waals surface area contributed by atoms with Gasteiger partial charge in [-0.1, -0.05) is 12.8 Å². The van der Waals surface area contributed by atoms with Crippen molar-refractivity contribution in [2.24, 2.45) is 0 Å². The topological polar surface area (TPSA) is 116 Å². The van der Waals surface area contributed by atoms with Crippen LogP contribution in [0.3, 0.4) is 0 Å². The van der Waals surface area contributed by atoms with Gasteiger partial charge in [0.25, 0.3) is 5.69 Å². The lowest BCUT2D eigenvalue weighted by Gasteiger charge is -2.31. The van der Waals surface area contributed by atoms with Crippen LogP contribution in [0.1, 0.15) is 46.5 Å². The third kappa shape index (κ3) is 5.28. The Morgan fingerprint density at radius 2 is 1.93 bits per heavy atom. The second kappa shape index (κ2) is 8.33. The molecule has 1 aliphatic rings. The average Bonchev–Trinajstić information content (AvgIpc) is 3.26. The minimum Gasteiger partial charge on any atom is -0.444 e. The number of nitrogens with one attached hydrogen (secondary N) is 2. The Balaban J connectivity index is 1.65. The van der Waals surface area contributed by atoms with Crippen LogP contribution in [0.15, 0.2) is 30.5 Å². The number of alkyl carbamates (subject to hydrolysis) is 1. The summed E-state index contributed by atoms with van der Waals surface area (Å²) in [5.41, 5.74) is -0.304. The first-order valence-corrected chi connectivity index (χ1v) is 10.1. The van der Waals surface area contributed by atoms with Crippen molar-refractivity contribution in [3.63, 3.8) is 0 Å². The van der Waals surface area contributed by atoms with Gasteiger partial charge < -0.3 is 19.9 Å². The molecule has 9 nitrogen and oxygen atoms in total. The molecule has 3 rings (SSSR count). The Morgan fingerprint density at radius 3 is 2.57 bits per heavy atom. The number of hydrogen-bond acceptors (Lipinski definition) is 5. The van der Waals surface area contributed by atoms with Crippen molar-refractivity contribution in [3.8, 4) is 0 Å². The summed E-state index contributed by atoms with van der Waals surface area (Å²) >= 11 is 0. The van der Waals surface area contributed by atoms with Crippen molar-refractivity contribution < 1.29 is 19.2 Å². The van der Waals surface area contributed by atoms with E-state index in [-0.39, 0.29) is 18.1 Å². The van der Waals surface area contributed by atoms with Crippen LogP contribution in [0.2, 0.25) is 0 Å². The number of aromatic nitrogens is 1. The number of rotatable bonds is 6. The van der Waals surface area contributed by atoms with E-state index in [4.69, 9.17) is 4.74 Å². The Morgan fingerprint density at radius 1 is 1.23 bits per heavy atom. The standard InChI is InChI=1S/C21H28N4O5/c1-20(2,3)30-19(27)22-14-21(9-4-5-10-21)23-18(26)13-24-11-8-15-12-16(25(28)29)6-7-17(15)24/h6-8,11-12H,4-5,9-10,13-14H2,1-3H3,(H,22,27)(H,23,26). The molecule has 2 aromatic rings. The maximum absolute atomic E-state index is 12.8. The number of carbonyl (C=O) groups excluding carboxylic acids is 2. The minimum atomic E-state index is -0.583. The summed E-state index contributed by atoms with van der Waals surface area (Å²) in [6.45, 7) is 5.81. The van der Waals surface area contributed by atoms with Gasteiger partial charge in [0.05, 0.1) is 10.5 Å². The van der Waals surface area contributed by atoms with Crippen LogP contribution in [0.25, 0.3) is 10.9 Å². The fraction of sp³-hybridized carbons (Fsp3) is 0.524. The quantitative estimate of drug-likeness (QED) is 0.552. The van der Waals surface area contributed by atoms with E-state index >= 15 is 0 Å². The molecule has 2 N–H and O–H groups in total. The van der Waals surface area contributed by atoms with Gasteiger partial charge in [0.15, 0.2) is 0 Å². The first-order chi connectivity index (χ1) is 14.1. The number of non-ortho nitro benzene ring substituents is 1. The smallest absolute Gasteiger partial charge is 0.407 e. The first-order valence-electron chi connectivity index (χ1n) is 10.1. The zero-order valence-corrected chi connectivity index (χ0v) is 17.6. The molecule has 30 heavy (non-hydrogen) atoms. The molecule has 1 aromatic heterocycles. The number of fused-ring (bicyclic) bond motifs is 1. The molecule has 2 amide bonds. The van der Waals surface area contributed by atoms with Crippen LogP contribution in [0, 0.1) is 10.1 Å². The number of amides is 2. The van der Waals surface area contributed by atoms with E-state index < -0.39 is 22.2 Å². The summed E-state index contributed by atoms with van der Waals surface area (Å²) in [4.78, 5) is 35.3. The predicted molar refractivity (Wildman–Crippen MR) is 112 cm³/mol. The zero-order chi connectivity index (χ0) is 21.9. The van der Waals surface area contributed by atoms with Gasteiger partial charge in [-0.3, -0.25) is 14.9 Å². The van der Waals surface area contributed by atoms with Gasteiger partial charge in [-0.15, -0.1) is 0 Å². The zero-order valence-electron chi connectivity index (χ0n) is 17.6. The monoisotopic (exact) mass is 416 g/mol. The van der Waals surface area contributed by atoms with E-state index in [1.165, 1.54) is 12.1 Å². The number of ether oxygens (including phenoxy) is 1. The summed E-state index contributed by atoms with van der Waals surface area (Å²) < 4.78 is 7.05. The van der Waals surface area contributed by atoms with E-state index in [9.17, 15) is 19.7 Å². The largest absolute Gasteiger partial charge is 0.444 e. The van der Waals surface area contributed by atoms with Crippen LogP contribution in [0.4, 0.5) is 10.5 Å². The maximum Gasteiger partial charge on any atom is 0.407 e. The highest BCUT2D eigenvalue weighted by atomic mass is 16.6. The highest BCUT2D eigenvalue weighted by Gasteiger charge is 2.36. The van der Waals surface area contributed by atoms with Crippen molar-refractivity contribution in [1.29, 1.82) is 0 Å². The second-order valence-corrected chi connectivity index (χ2v) is 8.83. The molecule has 0 unspecified atom stereocenters. The molecule has 0 spiro atoms. The molecular formula is C21H28N4O5. The number of benzene rings is 1. The maximum atomic E-state index is 12.8. The van der Waals surface area contributed by atoms with Crippen LogP contribution in [-0.4, -0.2) is 39.2 Å². The lowest BCUT2D eigenvalue weighted by molar-refractivity contribution is -0.384. The average molecular weight is 416 g/mol. The molecule has 1 aromatic carbocycles. The summed E-state index contributed by atoms with van der Waals surface area (Å²) in [5.74, 6) is -0.168. The van der Waals surface area contributed by atoms with Crippen LogP contribution >= 0.6 is 0 Å². The molecule has 1 heterocycles. The third-order valence-electron chi connectivity index (χ3n) is 5.21. The van der Waals surface area contributed by atoms with Gasteiger partial charge in [0, 0.05) is 35.8 Å². The second-order valence-electron chi connectivity index (χ2n) is 8.83. The molecule has 0 aliphatic heterocycles. The molecular weight excluding hydrogens is 388 g/mol. The Hall–Kier alpha value is -3.10. The number of nitrogens with zero attached hydrogens (tertiary/aromatic N) is 2. The molecule has 9 heteroatoms. The molecule has 1 saturated carbocycles. The SMILES string of the molecule is CC(C)(C)OC(=O)NCC1(NC(=O)Cn2ccc3cc([N+](=O)[O-])ccc32)CCCC1. The fourth-order valence-electron chi connectivity index (χ4n) is 3.88. The van der Waals surface area contributed by atoms with Gasteiger partial charge in [-0.2, -0.15) is 0 Å². The van der Waals surface area contributed by atoms with E-state index in [0.717, 1.165) is 31.2 Å². The van der Waals surface area contributed by atoms with E-state index in [2.05, 4.69) is 10.6 Å². The Labute approximate surface area is 174 Å². The van der Waals surface area contributed by atoms with E-state index in [1.807, 2.05) is 0 Å². The van der Waals surface area contributed by atoms with E-state index in [1.54, 1.807) is 43.7 Å². The predicted octanol–water partition coefficient (Wildman–Crippen LogP) is 3.50. The highest BCUT2D eigenvalue weighted by molar-refractivity contribution is 5.85. The Bertz CT molecular complexity index is 954. The molecule has 0 saturated heterocycles. The number of hydrogen-bond donors (Lipinski definition) is 2. The summed E-state index contributed by atoms with van der Waals surface area (Å²) in [6, 6.07) is 6.33. The molecule has 1 fully saturated rings. The minimum absolute atomic E-state index is 0.0165. The van der Waals surface area contributed by atoms with Gasteiger partial charge >= 0.3 is 6.09 Å². The van der Waals surface area contributed by atoms with Gasteiger partial charge in [-0.25, -0.2) is 4.79 Å². The molecule has 0 atom stereocenters. The van der Waals surface area contributed by atoms with Crippen molar-refractivity contribution in [2.75, 3.05) is 6.54 Å².